The molecule has 0 spiro atoms. The number of benzene rings is 1. The Morgan fingerprint density at radius 1 is 1.29 bits per heavy atom. The van der Waals surface area contributed by atoms with E-state index >= 15 is 0 Å². The first-order valence-corrected chi connectivity index (χ1v) is 9.10. The van der Waals surface area contributed by atoms with Gasteiger partial charge < -0.3 is 19.9 Å². The van der Waals surface area contributed by atoms with E-state index in [1.54, 1.807) is 24.3 Å². The number of piperazine rings is 1. The molecule has 1 heterocycles. The van der Waals surface area contributed by atoms with Crippen molar-refractivity contribution in [3.8, 4) is 0 Å². The zero-order valence-corrected chi connectivity index (χ0v) is 15.5. The van der Waals surface area contributed by atoms with E-state index in [1.807, 2.05) is 0 Å². The van der Waals surface area contributed by atoms with Crippen molar-refractivity contribution in [2.45, 2.75) is 0 Å². The molecule has 130 valence electrons. The van der Waals surface area contributed by atoms with E-state index in [1.165, 1.54) is 23.8 Å². The Morgan fingerprint density at radius 3 is 2.50 bits per heavy atom. The second kappa shape index (κ2) is 9.00. The number of methoxy groups -OCH3 is 1. The number of amides is 1. The van der Waals surface area contributed by atoms with Crippen LogP contribution in [-0.4, -0.2) is 67.2 Å². The summed E-state index contributed by atoms with van der Waals surface area (Å²) >= 11 is 6.79. The van der Waals surface area contributed by atoms with Gasteiger partial charge in [0.15, 0.2) is 0 Å². The minimum Gasteiger partial charge on any atom is -0.465 e. The molecular weight excluding hydrogens is 346 g/mol. The fourth-order valence-electron chi connectivity index (χ4n) is 2.29. The van der Waals surface area contributed by atoms with E-state index in [0.717, 1.165) is 30.5 Å². The maximum Gasteiger partial charge on any atom is 0.337 e. The first-order valence-electron chi connectivity index (χ1n) is 7.71. The molecule has 0 aliphatic carbocycles. The molecule has 6 nitrogen and oxygen atoms in total. The minimum atomic E-state index is -0.400. The Kier molecular flexibility index (Phi) is 7.01. The van der Waals surface area contributed by atoms with E-state index in [-0.39, 0.29) is 11.7 Å². The first kappa shape index (κ1) is 18.7. The molecule has 1 aliphatic rings. The Bertz CT molecular complexity index is 599. The summed E-state index contributed by atoms with van der Waals surface area (Å²) in [5.74, 6) is -0.243. The van der Waals surface area contributed by atoms with E-state index < -0.39 is 5.97 Å². The third-order valence-electron chi connectivity index (χ3n) is 3.79. The van der Waals surface area contributed by atoms with Crippen LogP contribution >= 0.6 is 24.0 Å². The predicted molar refractivity (Wildman–Crippen MR) is 99.7 cm³/mol. The van der Waals surface area contributed by atoms with Gasteiger partial charge in [0.1, 0.15) is 4.32 Å². The number of hydrogen-bond donors (Lipinski definition) is 2. The molecule has 2 rings (SSSR count). The quantitative estimate of drug-likeness (QED) is 0.587. The van der Waals surface area contributed by atoms with E-state index in [2.05, 4.69) is 22.0 Å². The average Bonchev–Trinajstić information content (AvgIpc) is 2.60. The zero-order chi connectivity index (χ0) is 17.5. The van der Waals surface area contributed by atoms with Crippen LogP contribution in [-0.2, 0) is 9.53 Å². The number of anilines is 1. The molecular formula is C16H22N3O3S2+. The number of carbonyl (C=O) groups is 2. The molecule has 0 saturated carbocycles. The van der Waals surface area contributed by atoms with Crippen molar-refractivity contribution < 1.29 is 19.2 Å². The monoisotopic (exact) mass is 368 g/mol. The molecule has 0 bridgehead atoms. The van der Waals surface area contributed by atoms with Crippen LogP contribution in [0.1, 0.15) is 10.4 Å². The number of nitrogens with zero attached hydrogens (tertiary/aromatic N) is 1. The van der Waals surface area contributed by atoms with Gasteiger partial charge in [-0.25, -0.2) is 4.79 Å². The molecule has 0 aromatic heterocycles. The van der Waals surface area contributed by atoms with Crippen molar-refractivity contribution in [3.63, 3.8) is 0 Å². The lowest BCUT2D eigenvalue weighted by molar-refractivity contribution is -0.883. The lowest BCUT2D eigenvalue weighted by Gasteiger charge is -2.31. The lowest BCUT2D eigenvalue weighted by Crippen LogP contribution is -3.12. The summed E-state index contributed by atoms with van der Waals surface area (Å²) in [5, 5.41) is 2.80. The van der Waals surface area contributed by atoms with E-state index in [9.17, 15) is 9.59 Å². The Morgan fingerprint density at radius 2 is 1.92 bits per heavy atom. The van der Waals surface area contributed by atoms with Gasteiger partial charge in [0.2, 0.25) is 5.91 Å². The molecule has 0 atom stereocenters. The van der Waals surface area contributed by atoms with Gasteiger partial charge in [-0.05, 0) is 24.3 Å². The maximum atomic E-state index is 12.0. The molecule has 1 saturated heterocycles. The fraction of sp³-hybridized carbons (Fsp3) is 0.438. The summed E-state index contributed by atoms with van der Waals surface area (Å²) in [6.07, 6.45) is 0. The Labute approximate surface area is 151 Å². The van der Waals surface area contributed by atoms with Crippen LogP contribution in [0.2, 0.25) is 0 Å². The molecule has 1 aromatic carbocycles. The number of thiocarbonyl (C=S) groups is 1. The maximum absolute atomic E-state index is 12.0. The van der Waals surface area contributed by atoms with Gasteiger partial charge in [-0.15, -0.1) is 0 Å². The van der Waals surface area contributed by atoms with Gasteiger partial charge >= 0.3 is 5.97 Å². The largest absolute Gasteiger partial charge is 0.465 e. The number of carbonyl (C=O) groups excluding carboxylic acids is 2. The molecule has 8 heteroatoms. The molecule has 1 aromatic rings. The highest BCUT2D eigenvalue weighted by Gasteiger charge is 2.19. The van der Waals surface area contributed by atoms with Gasteiger partial charge in [0.25, 0.3) is 0 Å². The van der Waals surface area contributed by atoms with Gasteiger partial charge in [-0.3, -0.25) is 4.79 Å². The molecule has 2 N–H and O–H groups in total. The van der Waals surface area contributed by atoms with Crippen molar-refractivity contribution in [3.05, 3.63) is 29.8 Å². The second-order valence-corrected chi connectivity index (χ2v) is 7.23. The second-order valence-electron chi connectivity index (χ2n) is 5.62. The number of likely N-dealkylation sites (N-methyl/N-ethyl adjacent to an activating group) is 1. The summed E-state index contributed by atoms with van der Waals surface area (Å²) in [6, 6.07) is 6.59. The topological polar surface area (TPSA) is 63.1 Å². The van der Waals surface area contributed by atoms with Crippen LogP contribution in [0.15, 0.2) is 24.3 Å². The van der Waals surface area contributed by atoms with Gasteiger partial charge in [-0.2, -0.15) is 0 Å². The van der Waals surface area contributed by atoms with E-state index in [0.29, 0.717) is 11.3 Å². The molecule has 1 amide bonds. The number of rotatable bonds is 4. The van der Waals surface area contributed by atoms with Gasteiger partial charge in [0.05, 0.1) is 51.7 Å². The van der Waals surface area contributed by atoms with Gasteiger partial charge in [0, 0.05) is 5.69 Å². The number of esters is 1. The number of quaternary nitrogens is 1. The molecule has 1 fully saturated rings. The van der Waals surface area contributed by atoms with Crippen molar-refractivity contribution in [1.29, 1.82) is 0 Å². The predicted octanol–water partition coefficient (Wildman–Crippen LogP) is 0.260. The van der Waals surface area contributed by atoms with Crippen molar-refractivity contribution in [2.75, 3.05) is 51.4 Å². The standard InChI is InChI=1S/C16H21N3O3S2/c1-18-7-9-19(10-8-18)16(23)24-11-14(20)17-13-5-3-12(4-6-13)15(21)22-2/h3-6H,7-11H2,1-2H3,(H,17,20)/p+1. The molecule has 24 heavy (non-hydrogen) atoms. The smallest absolute Gasteiger partial charge is 0.337 e. The number of thioether (sulfide) groups is 1. The molecule has 0 unspecified atom stereocenters. The summed E-state index contributed by atoms with van der Waals surface area (Å²) in [5.41, 5.74) is 1.09. The van der Waals surface area contributed by atoms with Crippen molar-refractivity contribution in [2.24, 2.45) is 0 Å². The van der Waals surface area contributed by atoms with Crippen LogP contribution in [0.4, 0.5) is 5.69 Å². The minimum absolute atomic E-state index is 0.118. The van der Waals surface area contributed by atoms with Crippen molar-refractivity contribution in [1.82, 2.24) is 4.90 Å². The highest BCUT2D eigenvalue weighted by atomic mass is 32.2. The Hall–Kier alpha value is -1.64. The highest BCUT2D eigenvalue weighted by molar-refractivity contribution is 8.23. The van der Waals surface area contributed by atoms with Crippen LogP contribution < -0.4 is 10.2 Å². The fourth-order valence-corrected chi connectivity index (χ4v) is 3.35. The summed E-state index contributed by atoms with van der Waals surface area (Å²) in [6.45, 7) is 4.02. The van der Waals surface area contributed by atoms with Crippen LogP contribution in [0.5, 0.6) is 0 Å². The Balaban J connectivity index is 1.76. The number of ether oxygens (including phenoxy) is 1. The molecule has 0 radical (unpaired) electrons. The number of nitrogens with one attached hydrogen (secondary N) is 2. The SMILES string of the molecule is COC(=O)c1ccc(NC(=O)CSC(=S)N2CC[NH+](C)CC2)cc1. The van der Waals surface area contributed by atoms with Crippen molar-refractivity contribution >= 4 is 45.9 Å². The molecule has 1 aliphatic heterocycles. The highest BCUT2D eigenvalue weighted by Crippen LogP contribution is 2.13. The van der Waals surface area contributed by atoms with Crippen LogP contribution in [0.25, 0.3) is 0 Å². The van der Waals surface area contributed by atoms with E-state index in [4.69, 9.17) is 12.2 Å². The van der Waals surface area contributed by atoms with Gasteiger partial charge in [-0.1, -0.05) is 24.0 Å². The summed E-state index contributed by atoms with van der Waals surface area (Å²) < 4.78 is 5.41. The normalized spacial score (nSPS) is 15.0. The zero-order valence-electron chi connectivity index (χ0n) is 13.8. The van der Waals surface area contributed by atoms with Crippen LogP contribution in [0.3, 0.4) is 0 Å². The third kappa shape index (κ3) is 5.47. The summed E-state index contributed by atoms with van der Waals surface area (Å²) in [4.78, 5) is 27.0. The first-order chi connectivity index (χ1) is 11.5. The van der Waals surface area contributed by atoms with Crippen LogP contribution in [0, 0.1) is 0 Å². The summed E-state index contributed by atoms with van der Waals surface area (Å²) in [7, 11) is 3.51. The average molecular weight is 369 g/mol. The third-order valence-corrected chi connectivity index (χ3v) is 5.32. The lowest BCUT2D eigenvalue weighted by atomic mass is 10.2. The number of hydrogen-bond acceptors (Lipinski definition) is 5.